The Kier molecular flexibility index (Phi) is 4.79. The Hall–Kier alpha value is -4.88. The van der Waals surface area contributed by atoms with E-state index in [4.69, 9.17) is 4.74 Å². The molecule has 0 amide bonds. The largest absolute Gasteiger partial charge is 0.453 e. The van der Waals surface area contributed by atoms with Gasteiger partial charge in [-0.15, -0.1) is 0 Å². The molecule has 1 aliphatic heterocycles. The first-order valence-corrected chi connectivity index (χ1v) is 11.0. The van der Waals surface area contributed by atoms with Gasteiger partial charge < -0.3 is 9.64 Å². The van der Waals surface area contributed by atoms with E-state index in [1.807, 2.05) is 54.6 Å². The Labute approximate surface area is 198 Å². The van der Waals surface area contributed by atoms with Crippen molar-refractivity contribution in [1.29, 1.82) is 5.26 Å². The second-order valence-electron chi connectivity index (χ2n) is 7.98. The van der Waals surface area contributed by atoms with Gasteiger partial charge in [-0.2, -0.15) is 5.26 Å². The zero-order valence-electron chi connectivity index (χ0n) is 18.2. The van der Waals surface area contributed by atoms with Gasteiger partial charge in [-0.1, -0.05) is 60.7 Å². The molecule has 4 aromatic carbocycles. The average Bonchev–Trinajstić information content (AvgIpc) is 2.92. The van der Waals surface area contributed by atoms with Crippen molar-refractivity contribution in [2.24, 2.45) is 0 Å². The van der Waals surface area contributed by atoms with Gasteiger partial charge in [0.05, 0.1) is 28.3 Å². The van der Waals surface area contributed by atoms with Gasteiger partial charge in [0.15, 0.2) is 11.5 Å². The summed E-state index contributed by atoms with van der Waals surface area (Å²) in [4.78, 5) is 6.72. The first kappa shape index (κ1) is 19.8. The minimum atomic E-state index is 0.559. The Morgan fingerprint density at radius 3 is 2.03 bits per heavy atom. The molecule has 0 radical (unpaired) electrons. The molecule has 160 valence electrons. The van der Waals surface area contributed by atoms with Crippen LogP contribution in [0.3, 0.4) is 0 Å². The summed E-state index contributed by atoms with van der Waals surface area (Å²) >= 11 is 0. The van der Waals surface area contributed by atoms with Gasteiger partial charge in [-0.25, -0.2) is 0 Å². The van der Waals surface area contributed by atoms with Crippen molar-refractivity contribution in [3.63, 3.8) is 0 Å². The predicted octanol–water partition coefficient (Wildman–Crippen LogP) is 7.86. The lowest BCUT2D eigenvalue weighted by molar-refractivity contribution is 0.477. The molecule has 1 aromatic heterocycles. The van der Waals surface area contributed by atoms with Crippen molar-refractivity contribution in [2.45, 2.75) is 0 Å². The van der Waals surface area contributed by atoms with Crippen molar-refractivity contribution < 1.29 is 4.74 Å². The van der Waals surface area contributed by atoms with Crippen LogP contribution in [0.4, 0.5) is 17.1 Å². The van der Waals surface area contributed by atoms with Crippen LogP contribution in [0.1, 0.15) is 5.56 Å². The van der Waals surface area contributed by atoms with Crippen LogP contribution in [-0.2, 0) is 0 Å². The SMILES string of the molecule is N#Cc1cccnc1-c1cccc(-c2ccccc2N2c3ccccc3Oc3ccccc32)c1. The highest BCUT2D eigenvalue weighted by atomic mass is 16.5. The fraction of sp³-hybridized carbons (Fsp3) is 0. The second-order valence-corrected chi connectivity index (χ2v) is 7.98. The van der Waals surface area contributed by atoms with E-state index in [2.05, 4.69) is 58.4 Å². The monoisotopic (exact) mass is 437 g/mol. The van der Waals surface area contributed by atoms with E-state index < -0.39 is 0 Å². The van der Waals surface area contributed by atoms with Crippen LogP contribution in [0, 0.1) is 11.3 Å². The lowest BCUT2D eigenvalue weighted by Gasteiger charge is -2.34. The molecule has 0 saturated heterocycles. The number of nitriles is 1. The summed E-state index contributed by atoms with van der Waals surface area (Å²) in [5.41, 5.74) is 7.30. The van der Waals surface area contributed by atoms with Gasteiger partial charge in [0, 0.05) is 17.3 Å². The normalized spacial score (nSPS) is 11.7. The first-order valence-electron chi connectivity index (χ1n) is 11.0. The molecule has 0 fully saturated rings. The predicted molar refractivity (Wildman–Crippen MR) is 135 cm³/mol. The minimum absolute atomic E-state index is 0.559. The molecule has 0 unspecified atom stereocenters. The van der Waals surface area contributed by atoms with E-state index in [1.54, 1.807) is 18.3 Å². The average molecular weight is 438 g/mol. The van der Waals surface area contributed by atoms with Crippen molar-refractivity contribution in [3.8, 4) is 40.0 Å². The summed E-state index contributed by atoms with van der Waals surface area (Å²) in [6, 6.07) is 38.5. The minimum Gasteiger partial charge on any atom is -0.453 e. The van der Waals surface area contributed by atoms with Crippen molar-refractivity contribution in [1.82, 2.24) is 4.98 Å². The molecule has 0 aliphatic carbocycles. The lowest BCUT2D eigenvalue weighted by atomic mass is 9.97. The summed E-state index contributed by atoms with van der Waals surface area (Å²) in [7, 11) is 0. The van der Waals surface area contributed by atoms with Crippen molar-refractivity contribution in [3.05, 3.63) is 121 Å². The third kappa shape index (κ3) is 3.28. The lowest BCUT2D eigenvalue weighted by Crippen LogP contribution is -2.16. The molecule has 5 aromatic rings. The molecular weight excluding hydrogens is 418 g/mol. The third-order valence-electron chi connectivity index (χ3n) is 5.95. The highest BCUT2D eigenvalue weighted by Crippen LogP contribution is 2.52. The Morgan fingerprint density at radius 1 is 0.647 bits per heavy atom. The van der Waals surface area contributed by atoms with Gasteiger partial charge >= 0.3 is 0 Å². The van der Waals surface area contributed by atoms with E-state index in [0.29, 0.717) is 11.3 Å². The van der Waals surface area contributed by atoms with Gasteiger partial charge in [-0.05, 0) is 54.1 Å². The molecule has 4 heteroatoms. The number of nitrogens with zero attached hydrogens (tertiary/aromatic N) is 3. The van der Waals surface area contributed by atoms with Crippen molar-refractivity contribution in [2.75, 3.05) is 4.90 Å². The molecule has 6 rings (SSSR count). The van der Waals surface area contributed by atoms with Crippen LogP contribution >= 0.6 is 0 Å². The number of hydrogen-bond donors (Lipinski definition) is 0. The molecule has 0 N–H and O–H groups in total. The smallest absolute Gasteiger partial charge is 0.151 e. The molecule has 4 nitrogen and oxygen atoms in total. The summed E-state index contributed by atoms with van der Waals surface area (Å²) < 4.78 is 6.20. The molecular formula is C30H19N3O. The number of para-hydroxylation sites is 5. The van der Waals surface area contributed by atoms with E-state index in [-0.39, 0.29) is 0 Å². The maximum Gasteiger partial charge on any atom is 0.151 e. The zero-order chi connectivity index (χ0) is 22.9. The maximum absolute atomic E-state index is 9.56. The summed E-state index contributed by atoms with van der Waals surface area (Å²) in [5, 5.41) is 9.56. The number of benzene rings is 4. The van der Waals surface area contributed by atoms with Gasteiger partial charge in [0.25, 0.3) is 0 Å². The third-order valence-corrected chi connectivity index (χ3v) is 5.95. The van der Waals surface area contributed by atoms with Crippen LogP contribution in [0.15, 0.2) is 115 Å². The molecule has 2 heterocycles. The summed E-state index contributed by atoms with van der Waals surface area (Å²) in [6.07, 6.45) is 1.72. The Morgan fingerprint density at radius 2 is 1.29 bits per heavy atom. The van der Waals surface area contributed by atoms with Crippen LogP contribution in [0.25, 0.3) is 22.4 Å². The number of aromatic nitrogens is 1. The van der Waals surface area contributed by atoms with Crippen LogP contribution in [0.5, 0.6) is 11.5 Å². The van der Waals surface area contributed by atoms with Crippen molar-refractivity contribution >= 4 is 17.1 Å². The van der Waals surface area contributed by atoms with Gasteiger partial charge in [-0.3, -0.25) is 4.98 Å². The Bertz CT molecular complexity index is 1520. The molecule has 0 saturated carbocycles. The number of anilines is 3. The fourth-order valence-electron chi connectivity index (χ4n) is 4.44. The number of hydrogen-bond acceptors (Lipinski definition) is 4. The standard InChI is InChI=1S/C30H19N3O/c31-20-23-11-8-18-32-30(23)22-10-7-9-21(19-22)24-12-1-2-13-25(24)33-26-14-3-5-16-28(26)34-29-17-6-4-15-27(29)33/h1-19H. The summed E-state index contributed by atoms with van der Waals surface area (Å²) in [6.45, 7) is 0. The number of fused-ring (bicyclic) bond motifs is 2. The van der Waals surface area contributed by atoms with Crippen LogP contribution < -0.4 is 9.64 Å². The number of ether oxygens (including phenoxy) is 1. The summed E-state index contributed by atoms with van der Waals surface area (Å²) in [5.74, 6) is 1.63. The van der Waals surface area contributed by atoms with E-state index in [0.717, 1.165) is 45.3 Å². The second kappa shape index (κ2) is 8.23. The Balaban J connectivity index is 1.54. The number of rotatable bonds is 3. The van der Waals surface area contributed by atoms with E-state index in [1.165, 1.54) is 0 Å². The molecule has 0 spiro atoms. The number of pyridine rings is 1. The quantitative estimate of drug-likeness (QED) is 0.283. The fourth-order valence-corrected chi connectivity index (χ4v) is 4.44. The highest BCUT2D eigenvalue weighted by molar-refractivity contribution is 5.93. The van der Waals surface area contributed by atoms with Gasteiger partial charge in [0.1, 0.15) is 6.07 Å². The molecule has 0 atom stereocenters. The van der Waals surface area contributed by atoms with Crippen LogP contribution in [-0.4, -0.2) is 4.98 Å². The first-order chi connectivity index (χ1) is 16.8. The highest BCUT2D eigenvalue weighted by Gasteiger charge is 2.27. The topological polar surface area (TPSA) is 49.2 Å². The van der Waals surface area contributed by atoms with Gasteiger partial charge in [0.2, 0.25) is 0 Å². The molecule has 34 heavy (non-hydrogen) atoms. The van der Waals surface area contributed by atoms with Crippen LogP contribution in [0.2, 0.25) is 0 Å². The van der Waals surface area contributed by atoms with E-state index in [9.17, 15) is 5.26 Å². The molecule has 1 aliphatic rings. The maximum atomic E-state index is 9.56. The van der Waals surface area contributed by atoms with E-state index >= 15 is 0 Å². The zero-order valence-corrected chi connectivity index (χ0v) is 18.2. The molecule has 0 bridgehead atoms.